The van der Waals surface area contributed by atoms with E-state index in [1.807, 2.05) is 0 Å². The summed E-state index contributed by atoms with van der Waals surface area (Å²) < 4.78 is 0. The van der Waals surface area contributed by atoms with E-state index < -0.39 is 0 Å². The highest BCUT2D eigenvalue weighted by molar-refractivity contribution is 4.88. The topological polar surface area (TPSA) is 32.3 Å². The molecule has 1 fully saturated rings. The average Bonchev–Trinajstić information content (AvgIpc) is 2.36. The minimum atomic E-state index is 0.333. The molecule has 0 saturated heterocycles. The van der Waals surface area contributed by atoms with Gasteiger partial charge in [0.2, 0.25) is 0 Å². The summed E-state index contributed by atoms with van der Waals surface area (Å²) >= 11 is 0. The van der Waals surface area contributed by atoms with Gasteiger partial charge in [-0.05, 0) is 49.5 Å². The lowest BCUT2D eigenvalue weighted by Crippen LogP contribution is -2.45. The molecule has 0 amide bonds. The van der Waals surface area contributed by atoms with Crippen LogP contribution in [-0.2, 0) is 0 Å². The molecule has 1 rings (SSSR count). The van der Waals surface area contributed by atoms with E-state index in [-0.39, 0.29) is 0 Å². The van der Waals surface area contributed by atoms with Gasteiger partial charge in [-0.1, -0.05) is 47.0 Å². The number of aliphatic hydroxyl groups is 1. The minimum Gasteiger partial charge on any atom is -0.396 e. The molecule has 2 N–H and O–H groups in total. The van der Waals surface area contributed by atoms with Crippen molar-refractivity contribution < 1.29 is 5.11 Å². The Bertz CT molecular complexity index is 228. The highest BCUT2D eigenvalue weighted by Gasteiger charge is 2.33. The van der Waals surface area contributed by atoms with Crippen LogP contribution in [0, 0.1) is 17.3 Å². The van der Waals surface area contributed by atoms with Gasteiger partial charge in [-0.15, -0.1) is 0 Å². The molecule has 2 heteroatoms. The first-order valence-corrected chi connectivity index (χ1v) is 8.33. The van der Waals surface area contributed by atoms with Crippen LogP contribution in [-0.4, -0.2) is 24.3 Å². The zero-order valence-electron chi connectivity index (χ0n) is 13.5. The van der Waals surface area contributed by atoms with E-state index in [2.05, 4.69) is 33.0 Å². The highest BCUT2D eigenvalue weighted by atomic mass is 16.3. The van der Waals surface area contributed by atoms with Gasteiger partial charge in [-0.2, -0.15) is 0 Å². The maximum atomic E-state index is 9.15. The predicted octanol–water partition coefficient (Wildman–Crippen LogP) is 3.98. The Kier molecular flexibility index (Phi) is 7.38. The Morgan fingerprint density at radius 2 is 1.84 bits per heavy atom. The minimum absolute atomic E-state index is 0.333. The lowest BCUT2D eigenvalue weighted by molar-refractivity contribution is 0.125. The number of nitrogens with one attached hydrogen (secondary N) is 1. The van der Waals surface area contributed by atoms with E-state index in [0.29, 0.717) is 24.0 Å². The van der Waals surface area contributed by atoms with Crippen LogP contribution in [0.1, 0.15) is 72.6 Å². The van der Waals surface area contributed by atoms with E-state index in [1.54, 1.807) is 0 Å². The quantitative estimate of drug-likeness (QED) is 0.732. The van der Waals surface area contributed by atoms with Crippen molar-refractivity contribution in [2.75, 3.05) is 13.2 Å². The van der Waals surface area contributed by atoms with Crippen molar-refractivity contribution in [2.45, 2.75) is 78.7 Å². The van der Waals surface area contributed by atoms with Gasteiger partial charge in [0.25, 0.3) is 0 Å². The molecule has 0 aliphatic heterocycles. The fraction of sp³-hybridized carbons (Fsp3) is 1.00. The van der Waals surface area contributed by atoms with Crippen LogP contribution in [0.3, 0.4) is 0 Å². The van der Waals surface area contributed by atoms with Gasteiger partial charge >= 0.3 is 0 Å². The molecule has 0 heterocycles. The lowest BCUT2D eigenvalue weighted by atomic mass is 9.69. The second-order valence-electron chi connectivity index (χ2n) is 7.44. The van der Waals surface area contributed by atoms with Crippen LogP contribution >= 0.6 is 0 Å². The maximum Gasteiger partial charge on any atom is 0.0434 e. The van der Waals surface area contributed by atoms with Gasteiger partial charge in [0.15, 0.2) is 0 Å². The first kappa shape index (κ1) is 17.0. The third-order valence-corrected chi connectivity index (χ3v) is 4.78. The molecule has 19 heavy (non-hydrogen) atoms. The zero-order valence-corrected chi connectivity index (χ0v) is 13.5. The van der Waals surface area contributed by atoms with Crippen LogP contribution in [0.15, 0.2) is 0 Å². The van der Waals surface area contributed by atoms with Gasteiger partial charge in [0.1, 0.15) is 0 Å². The maximum absolute atomic E-state index is 9.15. The summed E-state index contributed by atoms with van der Waals surface area (Å²) in [7, 11) is 0. The molecule has 3 atom stereocenters. The molecule has 0 radical (unpaired) electrons. The van der Waals surface area contributed by atoms with Crippen LogP contribution in [0.5, 0.6) is 0 Å². The van der Waals surface area contributed by atoms with Crippen LogP contribution in [0.4, 0.5) is 0 Å². The molecule has 0 spiro atoms. The number of hydrogen-bond donors (Lipinski definition) is 2. The zero-order chi connectivity index (χ0) is 14.3. The van der Waals surface area contributed by atoms with Crippen molar-refractivity contribution in [1.82, 2.24) is 5.32 Å². The van der Waals surface area contributed by atoms with Crippen LogP contribution in [0.2, 0.25) is 0 Å². The molecule has 0 aromatic heterocycles. The van der Waals surface area contributed by atoms with Crippen LogP contribution in [0.25, 0.3) is 0 Å². The van der Waals surface area contributed by atoms with E-state index in [9.17, 15) is 0 Å². The van der Waals surface area contributed by atoms with Crippen molar-refractivity contribution in [3.63, 3.8) is 0 Å². The van der Waals surface area contributed by atoms with Crippen molar-refractivity contribution in [3.05, 3.63) is 0 Å². The largest absolute Gasteiger partial charge is 0.396 e. The number of hydrogen-bond acceptors (Lipinski definition) is 2. The fourth-order valence-electron chi connectivity index (χ4n) is 3.67. The Morgan fingerprint density at radius 1 is 1.16 bits per heavy atom. The van der Waals surface area contributed by atoms with Crippen molar-refractivity contribution in [1.29, 1.82) is 0 Å². The second kappa shape index (κ2) is 8.26. The number of aliphatic hydroxyl groups excluding tert-OH is 1. The molecule has 1 aliphatic carbocycles. The SMILES string of the molecule is CCCC(CCO)CNC1CCCCC1C(C)(C)C. The Balaban J connectivity index is 2.47. The molecule has 2 nitrogen and oxygen atoms in total. The van der Waals surface area contributed by atoms with Crippen molar-refractivity contribution in [2.24, 2.45) is 17.3 Å². The Hall–Kier alpha value is -0.0800. The second-order valence-corrected chi connectivity index (χ2v) is 7.44. The first-order valence-electron chi connectivity index (χ1n) is 8.33. The molecule has 1 aliphatic rings. The van der Waals surface area contributed by atoms with Gasteiger partial charge in [-0.25, -0.2) is 0 Å². The van der Waals surface area contributed by atoms with Crippen molar-refractivity contribution in [3.8, 4) is 0 Å². The predicted molar refractivity (Wildman–Crippen MR) is 83.3 cm³/mol. The van der Waals surface area contributed by atoms with E-state index in [0.717, 1.165) is 18.9 Å². The summed E-state index contributed by atoms with van der Waals surface area (Å²) in [5.41, 5.74) is 0.412. The fourth-order valence-corrected chi connectivity index (χ4v) is 3.67. The highest BCUT2D eigenvalue weighted by Crippen LogP contribution is 2.38. The molecule has 3 unspecified atom stereocenters. The lowest BCUT2D eigenvalue weighted by Gasteiger charge is -2.41. The normalized spacial score (nSPS) is 26.4. The molecule has 0 aromatic rings. The summed E-state index contributed by atoms with van der Waals surface area (Å²) in [4.78, 5) is 0. The molecular formula is C17H35NO. The summed E-state index contributed by atoms with van der Waals surface area (Å²) in [6.07, 6.45) is 8.89. The van der Waals surface area contributed by atoms with Gasteiger partial charge in [0, 0.05) is 12.6 Å². The Morgan fingerprint density at radius 3 is 2.42 bits per heavy atom. The third kappa shape index (κ3) is 5.83. The summed E-state index contributed by atoms with van der Waals surface area (Å²) in [6.45, 7) is 10.8. The van der Waals surface area contributed by atoms with E-state index >= 15 is 0 Å². The smallest absolute Gasteiger partial charge is 0.0434 e. The molecule has 114 valence electrons. The number of rotatable bonds is 7. The van der Waals surface area contributed by atoms with Gasteiger partial charge < -0.3 is 10.4 Å². The van der Waals surface area contributed by atoms with E-state index in [1.165, 1.54) is 38.5 Å². The Labute approximate surface area is 120 Å². The molecule has 0 bridgehead atoms. The summed E-state index contributed by atoms with van der Waals surface area (Å²) in [6, 6.07) is 0.687. The van der Waals surface area contributed by atoms with Gasteiger partial charge in [0.05, 0.1) is 0 Å². The average molecular weight is 269 g/mol. The molecule has 0 aromatic carbocycles. The summed E-state index contributed by atoms with van der Waals surface area (Å²) in [5.74, 6) is 1.45. The monoisotopic (exact) mass is 269 g/mol. The summed E-state index contributed by atoms with van der Waals surface area (Å²) in [5, 5.41) is 13.0. The van der Waals surface area contributed by atoms with E-state index in [4.69, 9.17) is 5.11 Å². The molecule has 1 saturated carbocycles. The standard InChI is InChI=1S/C17H35NO/c1-5-8-14(11-12-19)13-18-16-10-7-6-9-15(16)17(2,3)4/h14-16,18-19H,5-13H2,1-4H3. The van der Waals surface area contributed by atoms with Crippen molar-refractivity contribution >= 4 is 0 Å². The van der Waals surface area contributed by atoms with Crippen LogP contribution < -0.4 is 5.32 Å². The third-order valence-electron chi connectivity index (χ3n) is 4.78. The first-order chi connectivity index (χ1) is 8.99. The van der Waals surface area contributed by atoms with Gasteiger partial charge in [-0.3, -0.25) is 0 Å². The molecular weight excluding hydrogens is 234 g/mol.